The van der Waals surface area contributed by atoms with Gasteiger partial charge in [-0.25, -0.2) is 0 Å². The Hall–Kier alpha value is -1.54. The van der Waals surface area contributed by atoms with Crippen LogP contribution in [0.15, 0.2) is 0 Å². The smallest absolute Gasteiger partial charge is 0.241 e. The van der Waals surface area contributed by atoms with Crippen LogP contribution in [0.25, 0.3) is 0 Å². The molecule has 0 saturated carbocycles. The molecule has 3 N–H and O–H groups in total. The number of nitrogens with two attached hydrogens (primary N) is 1. The molecule has 0 bridgehead atoms. The quantitative estimate of drug-likeness (QED) is 0.541. The van der Waals surface area contributed by atoms with E-state index in [1.54, 1.807) is 14.1 Å². The minimum atomic E-state index is -0.741. The second kappa shape index (κ2) is 6.00. The number of hydrogen-bond acceptors (Lipinski definition) is 3. The molecule has 5 nitrogen and oxygen atoms in total. The number of hydrogen-bond donors (Lipinski definition) is 2. The molecule has 1 unspecified atom stereocenters. The molecule has 0 aliphatic carbocycles. The van der Waals surface area contributed by atoms with Crippen molar-refractivity contribution in [1.29, 1.82) is 0 Å². The minimum Gasteiger partial charge on any atom is -0.347 e. The van der Waals surface area contributed by atoms with Crippen molar-refractivity contribution >= 4 is 11.8 Å². The van der Waals surface area contributed by atoms with Gasteiger partial charge in [0, 0.05) is 20.5 Å². The zero-order valence-corrected chi connectivity index (χ0v) is 8.41. The highest BCUT2D eigenvalue weighted by Gasteiger charge is 2.13. The maximum Gasteiger partial charge on any atom is 0.241 e. The van der Waals surface area contributed by atoms with Crippen LogP contribution in [0, 0.1) is 12.3 Å². The van der Waals surface area contributed by atoms with Crippen LogP contribution >= 0.6 is 0 Å². The highest BCUT2D eigenvalue weighted by atomic mass is 16.2. The molecule has 0 aromatic carbocycles. The van der Waals surface area contributed by atoms with Crippen molar-refractivity contribution < 1.29 is 9.59 Å². The second-order valence-electron chi connectivity index (χ2n) is 3.02. The van der Waals surface area contributed by atoms with Crippen LogP contribution in [0.5, 0.6) is 0 Å². The summed E-state index contributed by atoms with van der Waals surface area (Å²) in [5, 5.41) is 2.40. The Bertz CT molecular complexity index is 255. The molecular weight excluding hydrogens is 182 g/mol. The second-order valence-corrected chi connectivity index (χ2v) is 3.02. The molecular formula is C9H15N3O2. The van der Waals surface area contributed by atoms with Crippen molar-refractivity contribution in [2.45, 2.75) is 12.5 Å². The first-order valence-electron chi connectivity index (χ1n) is 4.16. The third kappa shape index (κ3) is 4.48. The number of carbonyl (C=O) groups excluding carboxylic acids is 2. The van der Waals surface area contributed by atoms with Gasteiger partial charge in [-0.2, -0.15) is 0 Å². The fourth-order valence-electron chi connectivity index (χ4n) is 0.672. The third-order valence-electron chi connectivity index (χ3n) is 1.59. The summed E-state index contributed by atoms with van der Waals surface area (Å²) < 4.78 is 0. The van der Waals surface area contributed by atoms with Gasteiger partial charge < -0.3 is 16.0 Å². The number of nitrogens with zero attached hydrogens (tertiary/aromatic N) is 1. The molecule has 0 aromatic heterocycles. The Kier molecular flexibility index (Phi) is 5.34. The van der Waals surface area contributed by atoms with Gasteiger partial charge >= 0.3 is 0 Å². The summed E-state index contributed by atoms with van der Waals surface area (Å²) in [4.78, 5) is 23.6. The normalized spacial score (nSPS) is 11.3. The summed E-state index contributed by atoms with van der Waals surface area (Å²) in [5.41, 5.74) is 5.41. The molecule has 0 aliphatic rings. The predicted octanol–water partition coefficient (Wildman–Crippen LogP) is -1.46. The van der Waals surface area contributed by atoms with Crippen molar-refractivity contribution in [3.63, 3.8) is 0 Å². The molecule has 0 aliphatic heterocycles. The number of amides is 2. The van der Waals surface area contributed by atoms with Gasteiger partial charge in [-0.3, -0.25) is 9.59 Å². The van der Waals surface area contributed by atoms with E-state index in [1.807, 2.05) is 0 Å². The molecule has 0 radical (unpaired) electrons. The fourth-order valence-corrected chi connectivity index (χ4v) is 0.672. The van der Waals surface area contributed by atoms with Gasteiger partial charge in [-0.05, 0) is 0 Å². The predicted molar refractivity (Wildman–Crippen MR) is 53.1 cm³/mol. The first kappa shape index (κ1) is 12.5. The monoisotopic (exact) mass is 197 g/mol. The molecule has 0 fully saturated rings. The van der Waals surface area contributed by atoms with E-state index in [-0.39, 0.29) is 18.9 Å². The first-order valence-corrected chi connectivity index (χ1v) is 4.16. The summed E-state index contributed by atoms with van der Waals surface area (Å²) in [6.45, 7) is -0.0515. The highest BCUT2D eigenvalue weighted by molar-refractivity contribution is 5.87. The topological polar surface area (TPSA) is 75.4 Å². The Morgan fingerprint density at radius 3 is 2.57 bits per heavy atom. The van der Waals surface area contributed by atoms with Gasteiger partial charge in [0.25, 0.3) is 0 Å². The lowest BCUT2D eigenvalue weighted by Crippen LogP contribution is -2.44. The van der Waals surface area contributed by atoms with E-state index in [0.29, 0.717) is 0 Å². The number of likely N-dealkylation sites (N-methyl/N-ethyl adjacent to an activating group) is 1. The van der Waals surface area contributed by atoms with E-state index in [1.165, 1.54) is 4.90 Å². The summed E-state index contributed by atoms with van der Waals surface area (Å²) in [7, 11) is 3.21. The van der Waals surface area contributed by atoms with Crippen LogP contribution < -0.4 is 11.1 Å². The van der Waals surface area contributed by atoms with Crippen LogP contribution in [0.4, 0.5) is 0 Å². The number of rotatable bonds is 4. The van der Waals surface area contributed by atoms with Gasteiger partial charge in [0.1, 0.15) is 0 Å². The van der Waals surface area contributed by atoms with Gasteiger partial charge in [-0.1, -0.05) is 0 Å². The zero-order chi connectivity index (χ0) is 11.1. The van der Waals surface area contributed by atoms with Crippen LogP contribution in [-0.2, 0) is 9.59 Å². The van der Waals surface area contributed by atoms with E-state index < -0.39 is 11.9 Å². The van der Waals surface area contributed by atoms with Gasteiger partial charge in [0.05, 0.1) is 12.6 Å². The Morgan fingerprint density at radius 2 is 2.14 bits per heavy atom. The molecule has 14 heavy (non-hydrogen) atoms. The van der Waals surface area contributed by atoms with Crippen molar-refractivity contribution in [2.75, 3.05) is 20.6 Å². The fraction of sp³-hybridized carbons (Fsp3) is 0.556. The van der Waals surface area contributed by atoms with E-state index in [2.05, 4.69) is 11.2 Å². The Morgan fingerprint density at radius 1 is 1.57 bits per heavy atom. The van der Waals surface area contributed by atoms with Crippen molar-refractivity contribution in [1.82, 2.24) is 10.2 Å². The number of nitrogens with one attached hydrogen (secondary N) is 1. The molecule has 0 spiro atoms. The molecule has 2 amide bonds. The van der Waals surface area contributed by atoms with Gasteiger partial charge in [0.2, 0.25) is 11.8 Å². The summed E-state index contributed by atoms with van der Waals surface area (Å²) >= 11 is 0. The van der Waals surface area contributed by atoms with Crippen LogP contribution in [0.1, 0.15) is 6.42 Å². The zero-order valence-electron chi connectivity index (χ0n) is 8.41. The maximum atomic E-state index is 11.2. The average Bonchev–Trinajstić information content (AvgIpc) is 2.13. The van der Waals surface area contributed by atoms with Gasteiger partial charge in [-0.15, -0.1) is 12.3 Å². The number of terminal acetylenes is 1. The SMILES string of the molecule is C#CCC(N)C(=O)NCC(=O)N(C)C. The van der Waals surface area contributed by atoms with E-state index in [0.717, 1.165) is 0 Å². The summed E-state index contributed by atoms with van der Waals surface area (Å²) in [6, 6.07) is -0.741. The molecule has 0 aromatic rings. The Balaban J connectivity index is 3.86. The van der Waals surface area contributed by atoms with Crippen molar-refractivity contribution in [2.24, 2.45) is 5.73 Å². The molecule has 0 heterocycles. The molecule has 0 rings (SSSR count). The van der Waals surface area contributed by atoms with E-state index in [4.69, 9.17) is 12.2 Å². The molecule has 0 saturated heterocycles. The number of carbonyl (C=O) groups is 2. The minimum absolute atomic E-state index is 0.0515. The molecule has 1 atom stereocenters. The summed E-state index contributed by atoms with van der Waals surface area (Å²) in [5.74, 6) is 1.68. The van der Waals surface area contributed by atoms with Gasteiger partial charge in [0.15, 0.2) is 0 Å². The molecule has 5 heteroatoms. The third-order valence-corrected chi connectivity index (χ3v) is 1.59. The highest BCUT2D eigenvalue weighted by Crippen LogP contribution is 1.85. The largest absolute Gasteiger partial charge is 0.347 e. The summed E-state index contributed by atoms with van der Waals surface area (Å²) in [6.07, 6.45) is 5.15. The van der Waals surface area contributed by atoms with Crippen molar-refractivity contribution in [3.8, 4) is 12.3 Å². The lowest BCUT2D eigenvalue weighted by Gasteiger charge is -2.12. The first-order chi connectivity index (χ1) is 6.49. The van der Waals surface area contributed by atoms with Crippen LogP contribution in [0.3, 0.4) is 0 Å². The van der Waals surface area contributed by atoms with Crippen LogP contribution in [-0.4, -0.2) is 43.4 Å². The standard InChI is InChI=1S/C9H15N3O2/c1-4-5-7(10)9(14)11-6-8(13)12(2)3/h1,7H,5-6,10H2,2-3H3,(H,11,14). The maximum absolute atomic E-state index is 11.2. The van der Waals surface area contributed by atoms with E-state index >= 15 is 0 Å². The average molecular weight is 197 g/mol. The van der Waals surface area contributed by atoms with Crippen molar-refractivity contribution in [3.05, 3.63) is 0 Å². The van der Waals surface area contributed by atoms with Crippen LogP contribution in [0.2, 0.25) is 0 Å². The Labute approximate surface area is 83.6 Å². The lowest BCUT2D eigenvalue weighted by molar-refractivity contribution is -0.131. The molecule has 78 valence electrons. The van der Waals surface area contributed by atoms with E-state index in [9.17, 15) is 9.59 Å². The lowest BCUT2D eigenvalue weighted by atomic mass is 10.2.